The number of hydrogen-bond acceptors (Lipinski definition) is 4. The molecule has 0 heterocycles. The lowest BCUT2D eigenvalue weighted by Gasteiger charge is -2.13. The van der Waals surface area contributed by atoms with E-state index < -0.39 is 0 Å². The van der Waals surface area contributed by atoms with E-state index in [9.17, 15) is 4.79 Å². The van der Waals surface area contributed by atoms with Crippen molar-refractivity contribution in [1.82, 2.24) is 4.90 Å². The Morgan fingerprint density at radius 3 is 2.16 bits per heavy atom. The molecule has 0 amide bonds. The van der Waals surface area contributed by atoms with E-state index in [-0.39, 0.29) is 18.2 Å². The van der Waals surface area contributed by atoms with E-state index in [0.717, 1.165) is 12.1 Å². The fourth-order valence-electron chi connectivity index (χ4n) is 1.74. The van der Waals surface area contributed by atoms with Crippen LogP contribution in [0.2, 0.25) is 0 Å². The first-order valence-corrected chi connectivity index (χ1v) is 5.90. The van der Waals surface area contributed by atoms with Crippen LogP contribution in [0, 0.1) is 6.92 Å². The van der Waals surface area contributed by atoms with Gasteiger partial charge in [-0.3, -0.25) is 4.79 Å². The molecule has 0 bridgehead atoms. The predicted octanol–water partition coefficient (Wildman–Crippen LogP) is 2.57. The van der Waals surface area contributed by atoms with Gasteiger partial charge in [-0.05, 0) is 38.7 Å². The number of carbonyl (C=O) groups excluding carboxylic acids is 1. The molecule has 0 saturated heterocycles. The molecule has 4 nitrogen and oxygen atoms in total. The van der Waals surface area contributed by atoms with Gasteiger partial charge in [0.1, 0.15) is 0 Å². The SMILES string of the molecule is COc1cc(C)c(C(=O)CCN(C)C)cc1OC.Cl. The van der Waals surface area contributed by atoms with Crippen molar-refractivity contribution < 1.29 is 14.3 Å². The van der Waals surface area contributed by atoms with Crippen molar-refractivity contribution >= 4 is 18.2 Å². The van der Waals surface area contributed by atoms with Crippen molar-refractivity contribution in [3.8, 4) is 11.5 Å². The quantitative estimate of drug-likeness (QED) is 0.754. The molecule has 0 spiro atoms. The number of rotatable bonds is 6. The van der Waals surface area contributed by atoms with Crippen LogP contribution in [0.25, 0.3) is 0 Å². The van der Waals surface area contributed by atoms with E-state index >= 15 is 0 Å². The molecule has 1 aromatic carbocycles. The second kappa shape index (κ2) is 8.02. The van der Waals surface area contributed by atoms with E-state index in [4.69, 9.17) is 9.47 Å². The third kappa shape index (κ3) is 4.73. The second-order valence-corrected chi connectivity index (χ2v) is 4.50. The first-order valence-electron chi connectivity index (χ1n) is 5.90. The molecule has 1 rings (SSSR count). The van der Waals surface area contributed by atoms with Crippen LogP contribution in [0.4, 0.5) is 0 Å². The molecule has 0 atom stereocenters. The number of halogens is 1. The number of ketones is 1. The maximum atomic E-state index is 12.1. The van der Waals surface area contributed by atoms with E-state index in [0.29, 0.717) is 23.5 Å². The summed E-state index contributed by atoms with van der Waals surface area (Å²) < 4.78 is 10.4. The molecule has 0 aliphatic carbocycles. The second-order valence-electron chi connectivity index (χ2n) is 4.50. The highest BCUT2D eigenvalue weighted by molar-refractivity contribution is 5.98. The molecule has 0 N–H and O–H groups in total. The summed E-state index contributed by atoms with van der Waals surface area (Å²) in [7, 11) is 7.07. The smallest absolute Gasteiger partial charge is 0.164 e. The van der Waals surface area contributed by atoms with E-state index in [1.807, 2.05) is 32.0 Å². The normalized spacial score (nSPS) is 10.0. The zero-order valence-corrected chi connectivity index (χ0v) is 13.0. The lowest BCUT2D eigenvalue weighted by Crippen LogP contribution is -2.17. The van der Waals surface area contributed by atoms with Crippen LogP contribution in [-0.4, -0.2) is 45.5 Å². The largest absolute Gasteiger partial charge is 0.493 e. The molecular weight excluding hydrogens is 266 g/mol. The number of hydrogen-bond donors (Lipinski definition) is 0. The summed E-state index contributed by atoms with van der Waals surface area (Å²) in [6, 6.07) is 3.59. The topological polar surface area (TPSA) is 38.8 Å². The molecule has 1 aromatic rings. The van der Waals surface area contributed by atoms with Crippen LogP contribution in [-0.2, 0) is 0 Å². The third-order valence-corrected chi connectivity index (χ3v) is 2.82. The highest BCUT2D eigenvalue weighted by Crippen LogP contribution is 2.30. The van der Waals surface area contributed by atoms with Crippen molar-refractivity contribution in [1.29, 1.82) is 0 Å². The average Bonchev–Trinajstić information content (AvgIpc) is 2.35. The molecule has 108 valence electrons. The minimum atomic E-state index is 0. The number of benzene rings is 1. The van der Waals surface area contributed by atoms with Gasteiger partial charge in [-0.15, -0.1) is 12.4 Å². The van der Waals surface area contributed by atoms with Gasteiger partial charge >= 0.3 is 0 Å². The minimum Gasteiger partial charge on any atom is -0.493 e. The fourth-order valence-corrected chi connectivity index (χ4v) is 1.74. The average molecular weight is 288 g/mol. The maximum Gasteiger partial charge on any atom is 0.164 e. The summed E-state index contributed by atoms with van der Waals surface area (Å²) in [5, 5.41) is 0. The highest BCUT2D eigenvalue weighted by atomic mass is 35.5. The molecule has 0 saturated carbocycles. The zero-order valence-electron chi connectivity index (χ0n) is 12.1. The van der Waals surface area contributed by atoms with Crippen LogP contribution in [0.5, 0.6) is 11.5 Å². The van der Waals surface area contributed by atoms with Crippen molar-refractivity contribution in [3.05, 3.63) is 23.3 Å². The van der Waals surface area contributed by atoms with Gasteiger partial charge in [-0.1, -0.05) is 0 Å². The van der Waals surface area contributed by atoms with Crippen molar-refractivity contribution in [3.63, 3.8) is 0 Å². The zero-order chi connectivity index (χ0) is 13.7. The summed E-state index contributed by atoms with van der Waals surface area (Å²) in [6.45, 7) is 2.65. The summed E-state index contributed by atoms with van der Waals surface area (Å²) in [5.41, 5.74) is 1.62. The van der Waals surface area contributed by atoms with Gasteiger partial charge in [0.2, 0.25) is 0 Å². The molecule has 19 heavy (non-hydrogen) atoms. The first kappa shape index (κ1) is 17.7. The maximum absolute atomic E-state index is 12.1. The van der Waals surface area contributed by atoms with Gasteiger partial charge < -0.3 is 14.4 Å². The number of aryl methyl sites for hydroxylation is 1. The molecule has 5 heteroatoms. The predicted molar refractivity (Wildman–Crippen MR) is 79.0 cm³/mol. The summed E-state index contributed by atoms with van der Waals surface area (Å²) in [5.74, 6) is 1.37. The van der Waals surface area contributed by atoms with E-state index in [1.54, 1.807) is 20.3 Å². The Bertz CT molecular complexity index is 433. The Morgan fingerprint density at radius 2 is 1.68 bits per heavy atom. The number of Topliss-reactive ketones (excluding diaryl/α,β-unsaturated/α-hetero) is 1. The van der Waals surface area contributed by atoms with Gasteiger partial charge in [0, 0.05) is 18.5 Å². The molecular formula is C14H22ClNO3. The van der Waals surface area contributed by atoms with Crippen LogP contribution < -0.4 is 9.47 Å². The van der Waals surface area contributed by atoms with Gasteiger partial charge in [0.15, 0.2) is 17.3 Å². The number of nitrogens with zero attached hydrogens (tertiary/aromatic N) is 1. The number of ether oxygens (including phenoxy) is 2. The van der Waals surface area contributed by atoms with Crippen LogP contribution in [0.15, 0.2) is 12.1 Å². The Labute approximate surface area is 121 Å². The van der Waals surface area contributed by atoms with Gasteiger partial charge in [0.25, 0.3) is 0 Å². The lowest BCUT2D eigenvalue weighted by molar-refractivity contribution is 0.0971. The Kier molecular flexibility index (Phi) is 7.49. The van der Waals surface area contributed by atoms with Crippen molar-refractivity contribution in [2.75, 3.05) is 34.9 Å². The summed E-state index contributed by atoms with van der Waals surface area (Å²) in [4.78, 5) is 14.1. The van der Waals surface area contributed by atoms with Crippen molar-refractivity contribution in [2.24, 2.45) is 0 Å². The van der Waals surface area contributed by atoms with Gasteiger partial charge in [-0.2, -0.15) is 0 Å². The minimum absolute atomic E-state index is 0. The lowest BCUT2D eigenvalue weighted by atomic mass is 10.0. The molecule has 0 aliphatic heterocycles. The molecule has 0 unspecified atom stereocenters. The number of methoxy groups -OCH3 is 2. The Balaban J connectivity index is 0.00000324. The standard InChI is InChI=1S/C14H21NO3.ClH/c1-10-8-13(17-4)14(18-5)9-11(10)12(16)6-7-15(2)3;/h8-9H,6-7H2,1-5H3;1H. The van der Waals surface area contributed by atoms with Crippen LogP contribution in [0.1, 0.15) is 22.3 Å². The Hall–Kier alpha value is -1.26. The van der Waals surface area contributed by atoms with Gasteiger partial charge in [-0.25, -0.2) is 0 Å². The summed E-state index contributed by atoms with van der Waals surface area (Å²) in [6.07, 6.45) is 0.503. The Morgan fingerprint density at radius 1 is 1.16 bits per heavy atom. The van der Waals surface area contributed by atoms with Crippen molar-refractivity contribution in [2.45, 2.75) is 13.3 Å². The molecule has 0 aromatic heterocycles. The summed E-state index contributed by atoms with van der Waals surface area (Å²) >= 11 is 0. The van der Waals surface area contributed by atoms with Crippen LogP contribution in [0.3, 0.4) is 0 Å². The highest BCUT2D eigenvalue weighted by Gasteiger charge is 2.14. The molecule has 0 radical (unpaired) electrons. The fraction of sp³-hybridized carbons (Fsp3) is 0.500. The molecule has 0 aliphatic rings. The number of carbonyl (C=O) groups is 1. The monoisotopic (exact) mass is 287 g/mol. The first-order chi connectivity index (χ1) is 8.49. The molecule has 0 fully saturated rings. The van der Waals surface area contributed by atoms with Gasteiger partial charge in [0.05, 0.1) is 14.2 Å². The third-order valence-electron chi connectivity index (χ3n) is 2.82. The van der Waals surface area contributed by atoms with E-state index in [1.165, 1.54) is 0 Å². The van der Waals surface area contributed by atoms with E-state index in [2.05, 4.69) is 0 Å². The van der Waals surface area contributed by atoms with Crippen LogP contribution >= 0.6 is 12.4 Å².